The summed E-state index contributed by atoms with van der Waals surface area (Å²) in [6.45, 7) is 1.15. The molecule has 0 radical (unpaired) electrons. The van der Waals surface area contributed by atoms with Crippen LogP contribution >= 0.6 is 11.6 Å². The lowest BCUT2D eigenvalue weighted by Gasteiger charge is -2.29. The molecular weight excluding hydrogens is 457 g/mol. The summed E-state index contributed by atoms with van der Waals surface area (Å²) in [6, 6.07) is 19.7. The van der Waals surface area contributed by atoms with Crippen LogP contribution in [0.4, 0.5) is 15.8 Å². The van der Waals surface area contributed by atoms with Gasteiger partial charge in [-0.2, -0.15) is 0 Å². The number of anilines is 2. The highest BCUT2D eigenvalue weighted by atomic mass is 35.5. The van der Waals surface area contributed by atoms with Crippen LogP contribution in [-0.2, 0) is 22.6 Å². The van der Waals surface area contributed by atoms with E-state index >= 15 is 0 Å². The van der Waals surface area contributed by atoms with E-state index in [1.54, 1.807) is 29.2 Å². The maximum atomic E-state index is 13.3. The Morgan fingerprint density at radius 3 is 2.41 bits per heavy atom. The lowest BCUT2D eigenvalue weighted by molar-refractivity contribution is -0.120. The number of hydrogen-bond acceptors (Lipinski definition) is 4. The molecule has 3 aromatic carbocycles. The normalized spacial score (nSPS) is 15.6. The van der Waals surface area contributed by atoms with Gasteiger partial charge in [-0.15, -0.1) is 0 Å². The number of rotatable bonds is 4. The van der Waals surface area contributed by atoms with E-state index in [-0.39, 0.29) is 22.3 Å². The van der Waals surface area contributed by atoms with Gasteiger partial charge in [-0.25, -0.2) is 9.29 Å². The molecule has 1 N–H and O–H groups in total. The average Bonchev–Trinajstić information content (AvgIpc) is 3.07. The molecule has 6 nitrogen and oxygen atoms in total. The number of hydrogen-bond donors (Lipinski definition) is 1. The van der Waals surface area contributed by atoms with Crippen LogP contribution in [0.15, 0.2) is 83.5 Å². The molecule has 0 bridgehead atoms. The third kappa shape index (κ3) is 3.95. The molecule has 0 aliphatic carbocycles. The second kappa shape index (κ2) is 8.76. The number of imide groups is 1. The van der Waals surface area contributed by atoms with E-state index in [1.165, 1.54) is 17.7 Å². The molecule has 3 aromatic rings. The molecule has 5 rings (SSSR count). The second-order valence-electron chi connectivity index (χ2n) is 8.06. The Balaban J connectivity index is 1.35. The third-order valence-electron chi connectivity index (χ3n) is 5.91. The summed E-state index contributed by atoms with van der Waals surface area (Å²) in [6.07, 6.45) is 0.790. The third-order valence-corrected chi connectivity index (χ3v) is 6.26. The van der Waals surface area contributed by atoms with Crippen molar-refractivity contribution in [1.29, 1.82) is 0 Å². The van der Waals surface area contributed by atoms with Gasteiger partial charge in [0.1, 0.15) is 16.5 Å². The Morgan fingerprint density at radius 1 is 0.912 bits per heavy atom. The molecule has 2 heterocycles. The molecular formula is C26H19ClFN3O3. The van der Waals surface area contributed by atoms with E-state index in [2.05, 4.69) is 11.4 Å². The maximum absolute atomic E-state index is 13.3. The molecule has 0 spiro atoms. The minimum absolute atomic E-state index is 0.104. The van der Waals surface area contributed by atoms with Crippen molar-refractivity contribution in [2.45, 2.75) is 13.0 Å². The van der Waals surface area contributed by atoms with Crippen LogP contribution in [0.25, 0.3) is 0 Å². The summed E-state index contributed by atoms with van der Waals surface area (Å²) in [5, 5.41) is 2.61. The van der Waals surface area contributed by atoms with Crippen LogP contribution in [0.1, 0.15) is 21.5 Å². The van der Waals surface area contributed by atoms with E-state index < -0.39 is 17.6 Å². The Bertz CT molecular complexity index is 1350. The van der Waals surface area contributed by atoms with Crippen LogP contribution in [0.2, 0.25) is 0 Å². The van der Waals surface area contributed by atoms with Crippen molar-refractivity contribution in [3.63, 3.8) is 0 Å². The highest BCUT2D eigenvalue weighted by Gasteiger charge is 2.39. The molecule has 0 saturated heterocycles. The molecule has 0 unspecified atom stereocenters. The van der Waals surface area contributed by atoms with Gasteiger partial charge in [-0.05, 0) is 60.0 Å². The fraction of sp³-hybridized carbons (Fsp3) is 0.115. The van der Waals surface area contributed by atoms with Crippen LogP contribution in [0.5, 0.6) is 0 Å². The molecule has 0 atom stereocenters. The van der Waals surface area contributed by atoms with Crippen molar-refractivity contribution in [2.24, 2.45) is 0 Å². The number of carbonyl (C=O) groups is 3. The van der Waals surface area contributed by atoms with E-state index in [0.29, 0.717) is 24.3 Å². The Kier molecular flexibility index (Phi) is 5.63. The zero-order valence-electron chi connectivity index (χ0n) is 17.9. The van der Waals surface area contributed by atoms with E-state index in [1.807, 2.05) is 18.2 Å². The van der Waals surface area contributed by atoms with Crippen LogP contribution in [0, 0.1) is 5.82 Å². The number of halogens is 2. The molecule has 0 saturated carbocycles. The van der Waals surface area contributed by atoms with Gasteiger partial charge in [0, 0.05) is 24.3 Å². The van der Waals surface area contributed by atoms with Crippen molar-refractivity contribution in [3.8, 4) is 0 Å². The van der Waals surface area contributed by atoms with Gasteiger partial charge in [-0.3, -0.25) is 14.4 Å². The van der Waals surface area contributed by atoms with Crippen molar-refractivity contribution in [2.75, 3.05) is 16.8 Å². The minimum atomic E-state index is -0.708. The fourth-order valence-electron chi connectivity index (χ4n) is 4.16. The molecule has 8 heteroatoms. The molecule has 2 aliphatic heterocycles. The molecule has 0 fully saturated rings. The maximum Gasteiger partial charge on any atom is 0.283 e. The Morgan fingerprint density at radius 2 is 1.65 bits per heavy atom. The van der Waals surface area contributed by atoms with E-state index in [9.17, 15) is 18.8 Å². The van der Waals surface area contributed by atoms with Crippen molar-refractivity contribution < 1.29 is 18.8 Å². The van der Waals surface area contributed by atoms with E-state index in [4.69, 9.17) is 11.6 Å². The number of nitrogens with one attached hydrogen (secondary N) is 1. The summed E-state index contributed by atoms with van der Waals surface area (Å²) in [4.78, 5) is 41.3. The molecule has 2 aliphatic rings. The number of carbonyl (C=O) groups excluding carboxylic acids is 3. The highest BCUT2D eigenvalue weighted by Crippen LogP contribution is 2.30. The van der Waals surface area contributed by atoms with Gasteiger partial charge >= 0.3 is 0 Å². The Hall–Kier alpha value is -3.97. The number of fused-ring (bicyclic) bond motifs is 1. The van der Waals surface area contributed by atoms with Gasteiger partial charge in [-0.1, -0.05) is 41.9 Å². The first kappa shape index (κ1) is 21.9. The molecule has 0 aromatic heterocycles. The summed E-state index contributed by atoms with van der Waals surface area (Å²) in [5.41, 5.74) is 3.38. The summed E-state index contributed by atoms with van der Waals surface area (Å²) >= 11 is 6.18. The van der Waals surface area contributed by atoms with Crippen molar-refractivity contribution in [3.05, 3.63) is 106 Å². The van der Waals surface area contributed by atoms with E-state index in [0.717, 1.165) is 29.0 Å². The highest BCUT2D eigenvalue weighted by molar-refractivity contribution is 6.53. The standard InChI is InChI=1S/C26H19ClFN3O3/c27-22-23(26(34)31(25(22)33)21-10-8-19(28)9-11-21)29-20-7-3-6-17(14-20)24(32)30-13-12-16-4-1-2-5-18(16)15-30/h1-11,14,29H,12-13,15H2. The summed E-state index contributed by atoms with van der Waals surface area (Å²) in [7, 11) is 0. The number of amides is 3. The first-order chi connectivity index (χ1) is 16.4. The smallest absolute Gasteiger partial charge is 0.283 e. The van der Waals surface area contributed by atoms with Gasteiger partial charge in [0.25, 0.3) is 17.7 Å². The first-order valence-electron chi connectivity index (χ1n) is 10.7. The number of nitrogens with zero attached hydrogens (tertiary/aromatic N) is 2. The monoisotopic (exact) mass is 475 g/mol. The van der Waals surface area contributed by atoms with Crippen LogP contribution < -0.4 is 10.2 Å². The first-order valence-corrected chi connectivity index (χ1v) is 11.1. The van der Waals surface area contributed by atoms with Crippen LogP contribution in [0.3, 0.4) is 0 Å². The topological polar surface area (TPSA) is 69.7 Å². The molecule has 34 heavy (non-hydrogen) atoms. The molecule has 3 amide bonds. The quantitative estimate of drug-likeness (QED) is 0.566. The Labute approximate surface area is 200 Å². The average molecular weight is 476 g/mol. The van der Waals surface area contributed by atoms with Crippen LogP contribution in [-0.4, -0.2) is 29.2 Å². The fourth-order valence-corrected chi connectivity index (χ4v) is 4.37. The van der Waals surface area contributed by atoms with Gasteiger partial charge in [0.05, 0.1) is 5.69 Å². The van der Waals surface area contributed by atoms with Gasteiger partial charge in [0.15, 0.2) is 0 Å². The summed E-state index contributed by atoms with van der Waals surface area (Å²) < 4.78 is 13.3. The predicted octanol–water partition coefficient (Wildman–Crippen LogP) is 4.46. The van der Waals surface area contributed by atoms with Gasteiger partial charge in [0.2, 0.25) is 0 Å². The lowest BCUT2D eigenvalue weighted by atomic mass is 9.99. The number of benzene rings is 3. The lowest BCUT2D eigenvalue weighted by Crippen LogP contribution is -2.36. The predicted molar refractivity (Wildman–Crippen MR) is 127 cm³/mol. The summed E-state index contributed by atoms with van der Waals surface area (Å²) in [5.74, 6) is -1.98. The molecule has 170 valence electrons. The van der Waals surface area contributed by atoms with Gasteiger partial charge < -0.3 is 10.2 Å². The zero-order valence-corrected chi connectivity index (χ0v) is 18.7. The SMILES string of the molecule is O=C(c1cccc(NC2=C(Cl)C(=O)N(c3ccc(F)cc3)C2=O)c1)N1CCc2ccccc2C1. The zero-order chi connectivity index (χ0) is 23.8. The second-order valence-corrected chi connectivity index (χ2v) is 8.44. The largest absolute Gasteiger partial charge is 0.350 e. The minimum Gasteiger partial charge on any atom is -0.350 e. The van der Waals surface area contributed by atoms with Crippen molar-refractivity contribution >= 4 is 40.7 Å². The van der Waals surface area contributed by atoms with Crippen molar-refractivity contribution in [1.82, 2.24) is 4.90 Å².